The first-order valence-corrected chi connectivity index (χ1v) is 15.2. The number of anilines is 1. The second-order valence-electron chi connectivity index (χ2n) is 12.6. The molecule has 2 N–H and O–H groups in total. The zero-order chi connectivity index (χ0) is 33.6. The normalized spacial score (nSPS) is 16.1. The summed E-state index contributed by atoms with van der Waals surface area (Å²) in [7, 11) is 0. The molecule has 3 heterocycles. The van der Waals surface area contributed by atoms with Crippen molar-refractivity contribution in [3.8, 4) is 11.6 Å². The highest BCUT2D eigenvalue weighted by Crippen LogP contribution is 2.23. The first-order valence-electron chi connectivity index (χ1n) is 15.2. The van der Waals surface area contributed by atoms with Gasteiger partial charge < -0.3 is 24.8 Å². The lowest BCUT2D eigenvalue weighted by molar-refractivity contribution is -0.127. The molecule has 0 radical (unpaired) electrons. The molecule has 3 aromatic rings. The minimum absolute atomic E-state index is 0.0446. The highest BCUT2D eigenvalue weighted by Gasteiger charge is 2.38. The number of aliphatic hydroxyl groups is 1. The summed E-state index contributed by atoms with van der Waals surface area (Å²) in [4.78, 5) is 29.6. The molecule has 0 bridgehead atoms. The van der Waals surface area contributed by atoms with E-state index in [2.05, 4.69) is 25.8 Å². The maximum absolute atomic E-state index is 13.3. The highest BCUT2D eigenvalue weighted by molar-refractivity contribution is 5.87. The van der Waals surface area contributed by atoms with Gasteiger partial charge in [-0.25, -0.2) is 18.3 Å². The number of nitrogens with zero attached hydrogens (tertiary/aromatic N) is 7. The van der Waals surface area contributed by atoms with E-state index in [1.807, 2.05) is 18.7 Å². The first-order chi connectivity index (χ1) is 21.7. The Labute approximate surface area is 266 Å². The number of piperazine rings is 1. The minimum atomic E-state index is -2.57. The largest absolute Gasteiger partial charge is 0.470 e. The van der Waals surface area contributed by atoms with Crippen LogP contribution in [0.4, 0.5) is 19.4 Å². The standard InChI is InChI=1S/C31H42F2N8O5/c1-19(2)15-23(42)16-34-29(43)24-17-39(13-14-40(24)30(44)46-31(4,5)6)26-11-12-27(37-36-26)45-18-25-20(3)35-38-41(25)22-9-7-21(8-10-22)28(32)33/h7-12,19,23-24,28,42H,13-18H2,1-6H3,(H,34,43)/t23?,24-/m0/s1. The molecular weight excluding hydrogens is 602 g/mol. The van der Waals surface area contributed by atoms with Gasteiger partial charge in [-0.05, 0) is 58.2 Å². The van der Waals surface area contributed by atoms with Crippen LogP contribution < -0.4 is 15.0 Å². The van der Waals surface area contributed by atoms with E-state index in [1.165, 1.54) is 33.8 Å². The summed E-state index contributed by atoms with van der Waals surface area (Å²) < 4.78 is 38.9. The SMILES string of the molecule is Cc1nnn(-c2ccc(C(F)F)cc2)c1COc1ccc(N2CCN(C(=O)OC(C)(C)C)[C@H](C(=O)NCC(O)CC(C)C)C2)nn1. The van der Waals surface area contributed by atoms with Crippen LogP contribution >= 0.6 is 0 Å². The zero-order valence-corrected chi connectivity index (χ0v) is 27.0. The van der Waals surface area contributed by atoms with Gasteiger partial charge in [0.05, 0.1) is 17.5 Å². The van der Waals surface area contributed by atoms with Gasteiger partial charge in [-0.3, -0.25) is 9.69 Å². The van der Waals surface area contributed by atoms with E-state index in [9.17, 15) is 23.5 Å². The molecule has 0 aliphatic carbocycles. The number of benzene rings is 1. The molecule has 250 valence electrons. The van der Waals surface area contributed by atoms with E-state index in [-0.39, 0.29) is 43.6 Å². The first kappa shape index (κ1) is 34.5. The number of aryl methyl sites for hydroxylation is 1. The number of aliphatic hydroxyl groups excluding tert-OH is 1. The Morgan fingerprint density at radius 3 is 2.39 bits per heavy atom. The fourth-order valence-electron chi connectivity index (χ4n) is 4.93. The number of nitrogens with one attached hydrogen (secondary N) is 1. The Kier molecular flexibility index (Phi) is 11.1. The minimum Gasteiger partial charge on any atom is -0.470 e. The summed E-state index contributed by atoms with van der Waals surface area (Å²) in [5.74, 6) is 0.562. The maximum atomic E-state index is 13.3. The number of hydrogen-bond acceptors (Lipinski definition) is 10. The molecule has 2 amide bonds. The van der Waals surface area contributed by atoms with E-state index >= 15 is 0 Å². The van der Waals surface area contributed by atoms with Crippen molar-refractivity contribution < 1.29 is 33.0 Å². The lowest BCUT2D eigenvalue weighted by atomic mass is 10.1. The molecule has 15 heteroatoms. The molecule has 0 spiro atoms. The molecule has 13 nitrogen and oxygen atoms in total. The topological polar surface area (TPSA) is 148 Å². The molecule has 1 aliphatic rings. The van der Waals surface area contributed by atoms with Crippen molar-refractivity contribution in [2.75, 3.05) is 31.1 Å². The molecule has 0 saturated carbocycles. The van der Waals surface area contributed by atoms with Crippen LogP contribution in [-0.2, 0) is 16.1 Å². The van der Waals surface area contributed by atoms with Crippen molar-refractivity contribution in [2.24, 2.45) is 5.92 Å². The molecule has 2 atom stereocenters. The molecule has 1 fully saturated rings. The molecule has 46 heavy (non-hydrogen) atoms. The van der Waals surface area contributed by atoms with Crippen molar-refractivity contribution in [1.29, 1.82) is 0 Å². The second-order valence-corrected chi connectivity index (χ2v) is 12.6. The molecule has 4 rings (SSSR count). The predicted octanol–water partition coefficient (Wildman–Crippen LogP) is 3.83. The smallest absolute Gasteiger partial charge is 0.411 e. The number of ether oxygens (including phenoxy) is 2. The van der Waals surface area contributed by atoms with Crippen LogP contribution in [0.5, 0.6) is 5.88 Å². The molecular formula is C31H42F2N8O5. The summed E-state index contributed by atoms with van der Waals surface area (Å²) in [6.45, 7) is 11.8. The molecule has 1 aromatic carbocycles. The van der Waals surface area contributed by atoms with Gasteiger partial charge in [0.1, 0.15) is 23.9 Å². The van der Waals surface area contributed by atoms with Crippen LogP contribution in [0.25, 0.3) is 5.69 Å². The Hall–Kier alpha value is -4.40. The van der Waals surface area contributed by atoms with E-state index in [1.54, 1.807) is 39.8 Å². The second kappa shape index (κ2) is 14.8. The van der Waals surface area contributed by atoms with Gasteiger partial charge >= 0.3 is 6.09 Å². The van der Waals surface area contributed by atoms with Crippen LogP contribution in [0.3, 0.4) is 0 Å². The number of halogens is 2. The number of rotatable bonds is 11. The van der Waals surface area contributed by atoms with E-state index in [0.717, 1.165) is 0 Å². The quantitative estimate of drug-likeness (QED) is 0.316. The van der Waals surface area contributed by atoms with Gasteiger partial charge in [-0.15, -0.1) is 15.3 Å². The monoisotopic (exact) mass is 644 g/mol. The van der Waals surface area contributed by atoms with Crippen LogP contribution in [0.15, 0.2) is 36.4 Å². The number of amides is 2. The van der Waals surface area contributed by atoms with Gasteiger partial charge in [0.15, 0.2) is 5.82 Å². The predicted molar refractivity (Wildman–Crippen MR) is 165 cm³/mol. The summed E-state index contributed by atoms with van der Waals surface area (Å²) in [5, 5.41) is 29.7. The van der Waals surface area contributed by atoms with Gasteiger partial charge in [-0.1, -0.05) is 31.2 Å². The molecule has 1 unspecified atom stereocenters. The highest BCUT2D eigenvalue weighted by atomic mass is 19.3. The molecule has 1 aliphatic heterocycles. The van der Waals surface area contributed by atoms with Gasteiger partial charge in [0.25, 0.3) is 6.43 Å². The van der Waals surface area contributed by atoms with Gasteiger partial charge in [-0.2, -0.15) is 0 Å². The van der Waals surface area contributed by atoms with E-state index in [0.29, 0.717) is 35.9 Å². The molecule has 1 saturated heterocycles. The van der Waals surface area contributed by atoms with Gasteiger partial charge in [0.2, 0.25) is 11.8 Å². The van der Waals surface area contributed by atoms with Crippen LogP contribution in [0, 0.1) is 12.8 Å². The fourth-order valence-corrected chi connectivity index (χ4v) is 4.93. The Morgan fingerprint density at radius 1 is 1.07 bits per heavy atom. The third-order valence-electron chi connectivity index (χ3n) is 7.22. The maximum Gasteiger partial charge on any atom is 0.411 e. The summed E-state index contributed by atoms with van der Waals surface area (Å²) in [6, 6.07) is 8.21. The average Bonchev–Trinajstić information content (AvgIpc) is 3.37. The summed E-state index contributed by atoms with van der Waals surface area (Å²) in [5.41, 5.74) is 0.943. The third-order valence-corrected chi connectivity index (χ3v) is 7.22. The average molecular weight is 645 g/mol. The van der Waals surface area contributed by atoms with Gasteiger partial charge in [0, 0.05) is 37.8 Å². The van der Waals surface area contributed by atoms with Crippen molar-refractivity contribution in [3.05, 3.63) is 53.3 Å². The van der Waals surface area contributed by atoms with E-state index in [4.69, 9.17) is 9.47 Å². The Bertz CT molecular complexity index is 1460. The lowest BCUT2D eigenvalue weighted by Gasteiger charge is -2.41. The number of alkyl halides is 2. The number of carbonyl (C=O) groups is 2. The van der Waals surface area contributed by atoms with Crippen LogP contribution in [0.1, 0.15) is 64.4 Å². The third kappa shape index (κ3) is 9.08. The van der Waals surface area contributed by atoms with Crippen LogP contribution in [0.2, 0.25) is 0 Å². The summed E-state index contributed by atoms with van der Waals surface area (Å²) in [6.07, 6.45) is -3.34. The number of hydrogen-bond donors (Lipinski definition) is 2. The lowest BCUT2D eigenvalue weighted by Crippen LogP contribution is -2.61. The van der Waals surface area contributed by atoms with Crippen LogP contribution in [-0.4, -0.2) is 91.1 Å². The number of aromatic nitrogens is 5. The fraction of sp³-hybridized carbons (Fsp3) is 0.548. The van der Waals surface area contributed by atoms with Crippen molar-refractivity contribution in [3.63, 3.8) is 0 Å². The van der Waals surface area contributed by atoms with Crippen molar-refractivity contribution in [1.82, 2.24) is 35.4 Å². The Morgan fingerprint density at radius 2 is 1.78 bits per heavy atom. The number of carbonyl (C=O) groups excluding carboxylic acids is 2. The summed E-state index contributed by atoms with van der Waals surface area (Å²) >= 11 is 0. The van der Waals surface area contributed by atoms with Crippen molar-refractivity contribution >= 4 is 17.8 Å². The zero-order valence-electron chi connectivity index (χ0n) is 27.0. The Balaban J connectivity index is 1.43. The van der Waals surface area contributed by atoms with Crippen molar-refractivity contribution in [2.45, 2.75) is 78.7 Å². The van der Waals surface area contributed by atoms with E-state index < -0.39 is 36.2 Å². The molecule has 2 aromatic heterocycles.